The Balaban J connectivity index is 1.16. The number of benzene rings is 3. The average Bonchev–Trinajstić information content (AvgIpc) is 3.47. The van der Waals surface area contributed by atoms with Crippen molar-refractivity contribution < 1.29 is 31.9 Å². The number of nitrogens with zero attached hydrogens (tertiary/aromatic N) is 2. The van der Waals surface area contributed by atoms with Crippen molar-refractivity contribution in [3.8, 4) is 16.9 Å². The molecule has 5 rings (SSSR count). The normalized spacial score (nSPS) is 14.0. The van der Waals surface area contributed by atoms with Crippen LogP contribution in [0.1, 0.15) is 46.2 Å². The lowest BCUT2D eigenvalue weighted by atomic mass is 9.97. The maximum atomic E-state index is 13.4. The minimum atomic E-state index is -4.78. The lowest BCUT2D eigenvalue weighted by Crippen LogP contribution is -2.38. The molecule has 218 valence electrons. The Hall–Kier alpha value is -4.25. The second kappa shape index (κ2) is 12.7. The standard InChI is InChI=1S/C31H27F4N3O3S/c32-23-5-3-4-20(18-23)8-13-28(39)38-16-14-22(15-17-38)30-37-27(19-42-30)29(40)36-26-7-2-1-6-25(26)21-9-11-24(12-10-21)41-31(33,34)35/h1-7,9-12,18-19,22H,8,13-17H2,(H,36,40). The lowest BCUT2D eigenvalue weighted by molar-refractivity contribution is -0.274. The number of rotatable bonds is 8. The van der Waals surface area contributed by atoms with Gasteiger partial charge in [0, 0.05) is 42.1 Å². The molecule has 0 atom stereocenters. The molecule has 42 heavy (non-hydrogen) atoms. The molecular weight excluding hydrogens is 570 g/mol. The number of para-hydroxylation sites is 1. The predicted octanol–water partition coefficient (Wildman–Crippen LogP) is 7.44. The third kappa shape index (κ3) is 7.52. The summed E-state index contributed by atoms with van der Waals surface area (Å²) in [5.74, 6) is -0.866. The van der Waals surface area contributed by atoms with E-state index >= 15 is 0 Å². The van der Waals surface area contributed by atoms with Gasteiger partial charge in [-0.3, -0.25) is 9.59 Å². The fraction of sp³-hybridized carbons (Fsp3) is 0.258. The monoisotopic (exact) mass is 597 g/mol. The Bertz CT molecular complexity index is 1550. The fourth-order valence-electron chi connectivity index (χ4n) is 4.92. The highest BCUT2D eigenvalue weighted by atomic mass is 32.1. The number of nitrogens with one attached hydrogen (secondary N) is 1. The van der Waals surface area contributed by atoms with E-state index in [1.165, 1.54) is 47.7 Å². The molecule has 0 unspecified atom stereocenters. The number of ether oxygens (including phenoxy) is 1. The molecule has 1 aliphatic heterocycles. The van der Waals surface area contributed by atoms with Crippen LogP contribution in [0.3, 0.4) is 0 Å². The minimum Gasteiger partial charge on any atom is -0.406 e. The zero-order chi connectivity index (χ0) is 29.7. The van der Waals surface area contributed by atoms with Crippen LogP contribution in [0.5, 0.6) is 5.75 Å². The van der Waals surface area contributed by atoms with Gasteiger partial charge in [-0.1, -0.05) is 42.5 Å². The van der Waals surface area contributed by atoms with Crippen LogP contribution in [0.15, 0.2) is 78.2 Å². The van der Waals surface area contributed by atoms with Gasteiger partial charge < -0.3 is 15.0 Å². The maximum absolute atomic E-state index is 13.4. The largest absolute Gasteiger partial charge is 0.573 e. The van der Waals surface area contributed by atoms with Crippen molar-refractivity contribution in [2.75, 3.05) is 18.4 Å². The molecule has 1 fully saturated rings. The van der Waals surface area contributed by atoms with Crippen LogP contribution < -0.4 is 10.1 Å². The summed E-state index contributed by atoms with van der Waals surface area (Å²) in [5.41, 5.74) is 2.80. The highest BCUT2D eigenvalue weighted by Crippen LogP contribution is 2.33. The minimum absolute atomic E-state index is 0.0399. The molecule has 4 aromatic rings. The number of alkyl halides is 3. The van der Waals surface area contributed by atoms with Crippen molar-refractivity contribution >= 4 is 28.8 Å². The Morgan fingerprint density at radius 2 is 1.74 bits per heavy atom. The number of amides is 2. The topological polar surface area (TPSA) is 71.5 Å². The predicted molar refractivity (Wildman–Crippen MR) is 152 cm³/mol. The second-order valence-electron chi connectivity index (χ2n) is 9.93. The quantitative estimate of drug-likeness (QED) is 0.214. The maximum Gasteiger partial charge on any atom is 0.573 e. The fourth-order valence-corrected chi connectivity index (χ4v) is 5.89. The molecule has 1 aliphatic rings. The Morgan fingerprint density at radius 3 is 2.45 bits per heavy atom. The van der Waals surface area contributed by atoms with E-state index in [0.29, 0.717) is 42.7 Å². The zero-order valence-electron chi connectivity index (χ0n) is 22.4. The van der Waals surface area contributed by atoms with E-state index in [-0.39, 0.29) is 29.1 Å². The van der Waals surface area contributed by atoms with Crippen LogP contribution in [0.2, 0.25) is 0 Å². The third-order valence-electron chi connectivity index (χ3n) is 7.04. The molecule has 0 saturated carbocycles. The van der Waals surface area contributed by atoms with Crippen molar-refractivity contribution in [1.29, 1.82) is 0 Å². The van der Waals surface area contributed by atoms with E-state index < -0.39 is 12.3 Å². The third-order valence-corrected chi connectivity index (χ3v) is 8.05. The molecule has 0 aliphatic carbocycles. The number of hydrogen-bond donors (Lipinski definition) is 1. The van der Waals surface area contributed by atoms with Gasteiger partial charge in [-0.05, 0) is 60.7 Å². The lowest BCUT2D eigenvalue weighted by Gasteiger charge is -2.31. The van der Waals surface area contributed by atoms with Crippen LogP contribution in [0.25, 0.3) is 11.1 Å². The molecule has 1 saturated heterocycles. The second-order valence-corrected chi connectivity index (χ2v) is 10.8. The van der Waals surface area contributed by atoms with Crippen molar-refractivity contribution in [1.82, 2.24) is 9.88 Å². The molecule has 2 heterocycles. The van der Waals surface area contributed by atoms with Gasteiger partial charge in [-0.2, -0.15) is 0 Å². The van der Waals surface area contributed by atoms with E-state index in [4.69, 9.17) is 0 Å². The number of anilines is 1. The summed E-state index contributed by atoms with van der Waals surface area (Å²) in [6, 6.07) is 18.7. The van der Waals surface area contributed by atoms with E-state index in [9.17, 15) is 27.2 Å². The van der Waals surface area contributed by atoms with Crippen molar-refractivity contribution in [2.45, 2.75) is 38.0 Å². The highest BCUT2D eigenvalue weighted by molar-refractivity contribution is 7.10. The first kappa shape index (κ1) is 29.2. The first-order chi connectivity index (χ1) is 20.1. The molecule has 1 N–H and O–H groups in total. The van der Waals surface area contributed by atoms with E-state index in [0.717, 1.165) is 23.4 Å². The number of likely N-dealkylation sites (tertiary alicyclic amines) is 1. The van der Waals surface area contributed by atoms with Gasteiger partial charge in [0.15, 0.2) is 0 Å². The van der Waals surface area contributed by atoms with Gasteiger partial charge in [0.05, 0.1) is 5.01 Å². The first-order valence-electron chi connectivity index (χ1n) is 13.4. The Morgan fingerprint density at radius 1 is 1.00 bits per heavy atom. The molecule has 3 aromatic carbocycles. The molecule has 6 nitrogen and oxygen atoms in total. The smallest absolute Gasteiger partial charge is 0.406 e. The van der Waals surface area contributed by atoms with Crippen molar-refractivity contribution in [3.63, 3.8) is 0 Å². The van der Waals surface area contributed by atoms with Crippen LogP contribution >= 0.6 is 11.3 Å². The molecule has 2 amide bonds. The molecule has 1 aromatic heterocycles. The summed E-state index contributed by atoms with van der Waals surface area (Å²) in [5, 5.41) is 5.40. The van der Waals surface area contributed by atoms with Gasteiger partial charge >= 0.3 is 6.36 Å². The zero-order valence-corrected chi connectivity index (χ0v) is 23.2. The van der Waals surface area contributed by atoms with Gasteiger partial charge in [0.1, 0.15) is 17.3 Å². The number of aryl methyl sites for hydroxylation is 1. The summed E-state index contributed by atoms with van der Waals surface area (Å²) in [6.45, 7) is 1.18. The first-order valence-corrected chi connectivity index (χ1v) is 14.3. The average molecular weight is 598 g/mol. The Kier molecular flexibility index (Phi) is 8.86. The van der Waals surface area contributed by atoms with Crippen molar-refractivity contribution in [3.05, 3.63) is 100 Å². The van der Waals surface area contributed by atoms with Crippen molar-refractivity contribution in [2.24, 2.45) is 0 Å². The number of halogens is 4. The number of carbonyl (C=O) groups excluding carboxylic acids is 2. The van der Waals surface area contributed by atoms with Crippen LogP contribution in [0, 0.1) is 5.82 Å². The van der Waals surface area contributed by atoms with Crippen LogP contribution in [-0.2, 0) is 11.2 Å². The molecule has 0 radical (unpaired) electrons. The summed E-state index contributed by atoms with van der Waals surface area (Å²) in [7, 11) is 0. The van der Waals surface area contributed by atoms with Crippen LogP contribution in [0.4, 0.5) is 23.2 Å². The van der Waals surface area contributed by atoms with Gasteiger partial charge in [-0.25, -0.2) is 9.37 Å². The Labute approximate surface area is 244 Å². The molecule has 11 heteroatoms. The summed E-state index contributed by atoms with van der Waals surface area (Å²) in [6.07, 6.45) is -2.50. The van der Waals surface area contributed by atoms with E-state index in [1.807, 2.05) is 11.0 Å². The number of hydrogen-bond acceptors (Lipinski definition) is 5. The highest BCUT2D eigenvalue weighted by Gasteiger charge is 2.31. The molecule has 0 spiro atoms. The summed E-state index contributed by atoms with van der Waals surface area (Å²) < 4.78 is 54.8. The molecular formula is C31H27F4N3O3S. The van der Waals surface area contributed by atoms with Gasteiger partial charge in [0.25, 0.3) is 5.91 Å². The number of carbonyl (C=O) groups is 2. The summed E-state index contributed by atoms with van der Waals surface area (Å²) in [4.78, 5) is 32.2. The SMILES string of the molecule is O=C(Nc1ccccc1-c1ccc(OC(F)(F)F)cc1)c1csc(C2CCN(C(=O)CCc3cccc(F)c3)CC2)n1. The van der Waals surface area contributed by atoms with E-state index in [1.54, 1.807) is 35.7 Å². The van der Waals surface area contributed by atoms with Gasteiger partial charge in [0.2, 0.25) is 5.91 Å². The number of aromatic nitrogens is 1. The molecule has 0 bridgehead atoms. The van der Waals surface area contributed by atoms with Gasteiger partial charge in [-0.15, -0.1) is 24.5 Å². The number of thiazole rings is 1. The number of piperidine rings is 1. The summed E-state index contributed by atoms with van der Waals surface area (Å²) >= 11 is 1.40. The van der Waals surface area contributed by atoms with Crippen LogP contribution in [-0.4, -0.2) is 41.2 Å². The van der Waals surface area contributed by atoms with E-state index in [2.05, 4.69) is 15.0 Å².